The van der Waals surface area contributed by atoms with Gasteiger partial charge in [0.1, 0.15) is 0 Å². The van der Waals surface area contributed by atoms with Crippen LogP contribution in [0.5, 0.6) is 0 Å². The number of halogens is 2. The topological polar surface area (TPSA) is 12.0 Å². The van der Waals surface area contributed by atoms with Crippen molar-refractivity contribution >= 4 is 34.5 Å². The first-order chi connectivity index (χ1) is 7.99. The summed E-state index contributed by atoms with van der Waals surface area (Å²) in [6.07, 6.45) is 2.59. The smallest absolute Gasteiger partial charge is 0.0991 e. The molecule has 0 bridgehead atoms. The van der Waals surface area contributed by atoms with Crippen LogP contribution in [0.4, 0.5) is 0 Å². The van der Waals surface area contributed by atoms with Gasteiger partial charge in [0.15, 0.2) is 0 Å². The normalized spacial score (nSPS) is 30.8. The molecule has 1 aliphatic carbocycles. The van der Waals surface area contributed by atoms with Gasteiger partial charge < -0.3 is 5.32 Å². The molecule has 17 heavy (non-hydrogen) atoms. The lowest BCUT2D eigenvalue weighted by Crippen LogP contribution is -2.34. The van der Waals surface area contributed by atoms with E-state index in [1.54, 1.807) is 0 Å². The van der Waals surface area contributed by atoms with E-state index in [-0.39, 0.29) is 6.04 Å². The fourth-order valence-electron chi connectivity index (χ4n) is 2.66. The molecule has 1 aromatic heterocycles. The molecule has 0 amide bonds. The maximum atomic E-state index is 6.18. The zero-order chi connectivity index (χ0) is 12.6. The van der Waals surface area contributed by atoms with Crippen LogP contribution in [-0.2, 0) is 0 Å². The summed E-state index contributed by atoms with van der Waals surface area (Å²) in [7, 11) is 0. The molecule has 0 spiro atoms. The zero-order valence-corrected chi connectivity index (χ0v) is 12.8. The third-order valence-electron chi connectivity index (χ3n) is 4.08. The van der Waals surface area contributed by atoms with Crippen LogP contribution in [0.2, 0.25) is 8.67 Å². The Kier molecular flexibility index (Phi) is 4.40. The molecule has 1 fully saturated rings. The van der Waals surface area contributed by atoms with Crippen molar-refractivity contribution < 1.29 is 0 Å². The lowest BCUT2D eigenvalue weighted by Gasteiger charge is -2.24. The van der Waals surface area contributed by atoms with Gasteiger partial charge in [0.2, 0.25) is 0 Å². The van der Waals surface area contributed by atoms with Crippen LogP contribution in [0, 0.1) is 11.8 Å². The zero-order valence-electron chi connectivity index (χ0n) is 10.5. The number of thiophene rings is 1. The number of hydrogen-bond acceptors (Lipinski definition) is 2. The first-order valence-electron chi connectivity index (χ1n) is 6.19. The molecule has 4 atom stereocenters. The molecule has 1 heterocycles. The second kappa shape index (κ2) is 5.48. The molecule has 96 valence electrons. The van der Waals surface area contributed by atoms with E-state index in [9.17, 15) is 0 Å². The summed E-state index contributed by atoms with van der Waals surface area (Å²) in [4.78, 5) is 0. The van der Waals surface area contributed by atoms with E-state index in [4.69, 9.17) is 23.2 Å². The summed E-state index contributed by atoms with van der Waals surface area (Å²) >= 11 is 13.6. The van der Waals surface area contributed by atoms with Crippen molar-refractivity contribution in [3.63, 3.8) is 0 Å². The van der Waals surface area contributed by atoms with E-state index >= 15 is 0 Å². The Morgan fingerprint density at radius 2 is 2.06 bits per heavy atom. The van der Waals surface area contributed by atoms with Gasteiger partial charge in [-0.15, -0.1) is 11.3 Å². The van der Waals surface area contributed by atoms with Crippen LogP contribution in [0.25, 0.3) is 0 Å². The van der Waals surface area contributed by atoms with E-state index in [2.05, 4.69) is 26.1 Å². The van der Waals surface area contributed by atoms with Gasteiger partial charge in [0.25, 0.3) is 0 Å². The molecule has 1 N–H and O–H groups in total. The lowest BCUT2D eigenvalue weighted by atomic mass is 9.97. The summed E-state index contributed by atoms with van der Waals surface area (Å²) in [5.41, 5.74) is 1.13. The highest BCUT2D eigenvalue weighted by Crippen LogP contribution is 2.37. The Balaban J connectivity index is 2.02. The minimum Gasteiger partial charge on any atom is -0.307 e. The molecule has 0 aliphatic heterocycles. The fraction of sp³-hybridized carbons (Fsp3) is 0.692. The Bertz CT molecular complexity index is 391. The summed E-state index contributed by atoms with van der Waals surface area (Å²) in [5.74, 6) is 1.56. The maximum Gasteiger partial charge on any atom is 0.0991 e. The molecule has 1 aliphatic rings. The second-order valence-corrected chi connectivity index (χ2v) is 7.47. The number of hydrogen-bond donors (Lipinski definition) is 1. The highest BCUT2D eigenvalue weighted by Gasteiger charge is 2.30. The molecule has 1 saturated carbocycles. The summed E-state index contributed by atoms with van der Waals surface area (Å²) in [5, 5.41) is 3.69. The highest BCUT2D eigenvalue weighted by atomic mass is 35.5. The predicted molar refractivity (Wildman–Crippen MR) is 77.2 cm³/mol. The average Bonchev–Trinajstić information content (AvgIpc) is 2.75. The molecule has 1 nitrogen and oxygen atoms in total. The lowest BCUT2D eigenvalue weighted by molar-refractivity contribution is 0.347. The van der Waals surface area contributed by atoms with Crippen molar-refractivity contribution in [2.24, 2.45) is 11.8 Å². The van der Waals surface area contributed by atoms with Crippen LogP contribution in [0.15, 0.2) is 6.07 Å². The van der Waals surface area contributed by atoms with Gasteiger partial charge in [-0.3, -0.25) is 0 Å². The Hall–Kier alpha value is 0.240. The van der Waals surface area contributed by atoms with Crippen LogP contribution >= 0.6 is 34.5 Å². The minimum absolute atomic E-state index is 0.281. The van der Waals surface area contributed by atoms with Crippen molar-refractivity contribution in [1.82, 2.24) is 5.32 Å². The number of nitrogens with one attached hydrogen (secondary N) is 1. The van der Waals surface area contributed by atoms with Crippen LogP contribution in [0.1, 0.15) is 45.2 Å². The van der Waals surface area contributed by atoms with E-state index in [0.717, 1.165) is 26.1 Å². The van der Waals surface area contributed by atoms with Crippen LogP contribution < -0.4 is 5.32 Å². The van der Waals surface area contributed by atoms with E-state index in [1.807, 2.05) is 6.07 Å². The highest BCUT2D eigenvalue weighted by molar-refractivity contribution is 7.20. The van der Waals surface area contributed by atoms with Crippen molar-refractivity contribution in [1.29, 1.82) is 0 Å². The molecule has 4 heteroatoms. The Labute approximate surface area is 118 Å². The average molecular weight is 292 g/mol. The minimum atomic E-state index is 0.281. The quantitative estimate of drug-likeness (QED) is 0.813. The first kappa shape index (κ1) is 13.7. The first-order valence-corrected chi connectivity index (χ1v) is 7.77. The Morgan fingerprint density at radius 1 is 1.35 bits per heavy atom. The molecule has 4 unspecified atom stereocenters. The third-order valence-corrected chi connectivity index (χ3v) is 5.60. The van der Waals surface area contributed by atoms with Gasteiger partial charge in [-0.05, 0) is 43.2 Å². The second-order valence-electron chi connectivity index (χ2n) is 5.19. The Morgan fingerprint density at radius 3 is 2.53 bits per heavy atom. The van der Waals surface area contributed by atoms with Crippen molar-refractivity contribution in [2.45, 2.75) is 45.7 Å². The fourth-order valence-corrected chi connectivity index (χ4v) is 4.30. The molecule has 0 radical (unpaired) electrons. The van der Waals surface area contributed by atoms with Crippen LogP contribution in [-0.4, -0.2) is 6.04 Å². The van der Waals surface area contributed by atoms with Crippen molar-refractivity contribution in [3.05, 3.63) is 20.3 Å². The SMILES string of the molecule is CC(NC1CCC(C)C1C)c1cc(Cl)sc1Cl. The van der Waals surface area contributed by atoms with Gasteiger partial charge in [-0.25, -0.2) is 0 Å². The molecule has 0 aromatic carbocycles. The van der Waals surface area contributed by atoms with E-state index in [0.29, 0.717) is 6.04 Å². The van der Waals surface area contributed by atoms with Crippen LogP contribution in [0.3, 0.4) is 0 Å². The van der Waals surface area contributed by atoms with Crippen molar-refractivity contribution in [2.75, 3.05) is 0 Å². The summed E-state index contributed by atoms with van der Waals surface area (Å²) < 4.78 is 1.58. The van der Waals surface area contributed by atoms with Crippen molar-refractivity contribution in [3.8, 4) is 0 Å². The van der Waals surface area contributed by atoms with E-state index in [1.165, 1.54) is 24.2 Å². The summed E-state index contributed by atoms with van der Waals surface area (Å²) in [6.45, 7) is 6.84. The van der Waals surface area contributed by atoms with Gasteiger partial charge >= 0.3 is 0 Å². The molecule has 2 rings (SSSR count). The monoisotopic (exact) mass is 291 g/mol. The largest absolute Gasteiger partial charge is 0.307 e. The van der Waals surface area contributed by atoms with Gasteiger partial charge in [0.05, 0.1) is 8.67 Å². The number of rotatable bonds is 3. The standard InChI is InChI=1S/C13H19Cl2NS/c1-7-4-5-11(8(7)2)16-9(3)10-6-12(14)17-13(10)15/h6-9,11,16H,4-5H2,1-3H3. The third kappa shape index (κ3) is 2.98. The molecule has 1 aromatic rings. The van der Waals surface area contributed by atoms with E-state index < -0.39 is 0 Å². The summed E-state index contributed by atoms with van der Waals surface area (Å²) in [6, 6.07) is 2.87. The predicted octanol–water partition coefficient (Wildman–Crippen LogP) is 5.14. The van der Waals surface area contributed by atoms with Gasteiger partial charge in [-0.2, -0.15) is 0 Å². The van der Waals surface area contributed by atoms with Gasteiger partial charge in [0, 0.05) is 12.1 Å². The molecule has 0 saturated heterocycles. The van der Waals surface area contributed by atoms with Gasteiger partial charge in [-0.1, -0.05) is 37.0 Å². The maximum absolute atomic E-state index is 6.18. The molecular weight excluding hydrogens is 273 g/mol. The molecular formula is C13H19Cl2NS.